The Morgan fingerprint density at radius 3 is 3.06 bits per heavy atom. The molecule has 0 aliphatic carbocycles. The lowest BCUT2D eigenvalue weighted by Gasteiger charge is -2.07. The van der Waals surface area contributed by atoms with Crippen LogP contribution in [-0.2, 0) is 16.0 Å². The van der Waals surface area contributed by atoms with Gasteiger partial charge in [0.25, 0.3) is 0 Å². The molecule has 6 heteroatoms. The van der Waals surface area contributed by atoms with Crippen molar-refractivity contribution >= 4 is 35.0 Å². The highest BCUT2D eigenvalue weighted by molar-refractivity contribution is 8.00. The molecule has 17 heavy (non-hydrogen) atoms. The van der Waals surface area contributed by atoms with E-state index in [2.05, 4.69) is 10.6 Å². The maximum Gasteiger partial charge on any atom is 0.230 e. The number of carbonyl (C=O) groups excluding carboxylic acids is 2. The quantitative estimate of drug-likeness (QED) is 0.542. The number of fused-ring (bicyclic) bond motifs is 1. The highest BCUT2D eigenvalue weighted by atomic mass is 32.2. The minimum atomic E-state index is -0.0565. The van der Waals surface area contributed by atoms with Crippen LogP contribution in [0.5, 0.6) is 0 Å². The Balaban J connectivity index is 2.16. The number of rotatable bonds is 3. The van der Waals surface area contributed by atoms with E-state index in [1.54, 1.807) is 13.1 Å². The van der Waals surface area contributed by atoms with Gasteiger partial charge in [-0.1, -0.05) is 0 Å². The van der Waals surface area contributed by atoms with Crippen molar-refractivity contribution in [3.05, 3.63) is 17.7 Å². The molecule has 2 amide bonds. The summed E-state index contributed by atoms with van der Waals surface area (Å²) in [4.78, 5) is 23.2. The highest BCUT2D eigenvalue weighted by Gasteiger charge is 2.19. The summed E-state index contributed by atoms with van der Waals surface area (Å²) in [6, 6.07) is 3.61. The third kappa shape index (κ3) is 2.52. The SMILES string of the molecule is CNC(=O)CSc1cc2c(cc1N)CC(=O)N2. The van der Waals surface area contributed by atoms with Gasteiger partial charge in [0.15, 0.2) is 0 Å². The molecule has 90 valence electrons. The fourth-order valence-electron chi connectivity index (χ4n) is 1.61. The van der Waals surface area contributed by atoms with E-state index in [0.29, 0.717) is 17.9 Å². The lowest BCUT2D eigenvalue weighted by Crippen LogP contribution is -2.19. The molecule has 1 aliphatic heterocycles. The van der Waals surface area contributed by atoms with Crippen LogP contribution in [0.3, 0.4) is 0 Å². The second-order valence-corrected chi connectivity index (χ2v) is 4.75. The molecule has 0 aromatic heterocycles. The second kappa shape index (κ2) is 4.67. The van der Waals surface area contributed by atoms with Gasteiger partial charge in [0.2, 0.25) is 11.8 Å². The number of carbonyl (C=O) groups is 2. The van der Waals surface area contributed by atoms with E-state index in [-0.39, 0.29) is 11.8 Å². The van der Waals surface area contributed by atoms with Crippen molar-refractivity contribution in [1.29, 1.82) is 0 Å². The number of benzene rings is 1. The average Bonchev–Trinajstić information content (AvgIpc) is 2.64. The summed E-state index contributed by atoms with van der Waals surface area (Å²) < 4.78 is 0. The molecule has 0 bridgehead atoms. The number of amides is 2. The van der Waals surface area contributed by atoms with E-state index in [0.717, 1.165) is 16.1 Å². The molecule has 0 unspecified atom stereocenters. The third-order valence-corrected chi connectivity index (χ3v) is 3.57. The molecule has 0 saturated carbocycles. The molecular formula is C11H13N3O2S. The van der Waals surface area contributed by atoms with Crippen LogP contribution in [0.2, 0.25) is 0 Å². The lowest BCUT2D eigenvalue weighted by atomic mass is 10.1. The summed E-state index contributed by atoms with van der Waals surface area (Å²) in [5, 5.41) is 5.30. The van der Waals surface area contributed by atoms with Gasteiger partial charge in [-0.25, -0.2) is 0 Å². The molecule has 0 radical (unpaired) electrons. The number of hydrogen-bond donors (Lipinski definition) is 3. The van der Waals surface area contributed by atoms with Crippen molar-refractivity contribution in [2.75, 3.05) is 23.9 Å². The van der Waals surface area contributed by atoms with Crippen molar-refractivity contribution in [2.24, 2.45) is 0 Å². The van der Waals surface area contributed by atoms with Gasteiger partial charge in [0.1, 0.15) is 0 Å². The van der Waals surface area contributed by atoms with Gasteiger partial charge in [-0.15, -0.1) is 11.8 Å². The van der Waals surface area contributed by atoms with Crippen LogP contribution < -0.4 is 16.4 Å². The summed E-state index contributed by atoms with van der Waals surface area (Å²) in [5.41, 5.74) is 8.19. The number of nitrogens with one attached hydrogen (secondary N) is 2. The predicted molar refractivity (Wildman–Crippen MR) is 68.0 cm³/mol. The van der Waals surface area contributed by atoms with Crippen LogP contribution in [0, 0.1) is 0 Å². The Bertz CT molecular complexity index is 488. The van der Waals surface area contributed by atoms with Crippen molar-refractivity contribution in [3.63, 3.8) is 0 Å². The maximum absolute atomic E-state index is 11.2. The fraction of sp³-hybridized carbons (Fsp3) is 0.273. The summed E-state index contributed by atoms with van der Waals surface area (Å²) >= 11 is 1.36. The van der Waals surface area contributed by atoms with E-state index in [1.165, 1.54) is 11.8 Å². The Labute approximate surface area is 103 Å². The van der Waals surface area contributed by atoms with Gasteiger partial charge < -0.3 is 16.4 Å². The van der Waals surface area contributed by atoms with Gasteiger partial charge >= 0.3 is 0 Å². The van der Waals surface area contributed by atoms with Crippen LogP contribution in [0.4, 0.5) is 11.4 Å². The molecular weight excluding hydrogens is 238 g/mol. The molecule has 1 aliphatic rings. The van der Waals surface area contributed by atoms with Gasteiger partial charge in [0.05, 0.1) is 12.2 Å². The summed E-state index contributed by atoms with van der Waals surface area (Å²) in [6.07, 6.45) is 0.375. The number of thioether (sulfide) groups is 1. The van der Waals surface area contributed by atoms with Crippen LogP contribution in [0.25, 0.3) is 0 Å². The molecule has 4 N–H and O–H groups in total. The van der Waals surface area contributed by atoms with Crippen molar-refractivity contribution in [1.82, 2.24) is 5.32 Å². The zero-order valence-electron chi connectivity index (χ0n) is 9.37. The van der Waals surface area contributed by atoms with E-state index < -0.39 is 0 Å². The Morgan fingerprint density at radius 1 is 1.59 bits per heavy atom. The van der Waals surface area contributed by atoms with E-state index in [9.17, 15) is 9.59 Å². The van der Waals surface area contributed by atoms with Crippen LogP contribution >= 0.6 is 11.8 Å². The van der Waals surface area contributed by atoms with Crippen molar-refractivity contribution < 1.29 is 9.59 Å². The molecule has 2 rings (SSSR count). The minimum absolute atomic E-state index is 0.0205. The number of hydrogen-bond acceptors (Lipinski definition) is 4. The van der Waals surface area contributed by atoms with Crippen LogP contribution in [-0.4, -0.2) is 24.6 Å². The number of anilines is 2. The summed E-state index contributed by atoms with van der Waals surface area (Å²) in [6.45, 7) is 0. The second-order valence-electron chi connectivity index (χ2n) is 3.73. The monoisotopic (exact) mass is 251 g/mol. The minimum Gasteiger partial charge on any atom is -0.398 e. The van der Waals surface area contributed by atoms with Crippen LogP contribution in [0.15, 0.2) is 17.0 Å². The molecule has 0 spiro atoms. The highest BCUT2D eigenvalue weighted by Crippen LogP contribution is 2.33. The van der Waals surface area contributed by atoms with Gasteiger partial charge in [-0.2, -0.15) is 0 Å². The van der Waals surface area contributed by atoms with Crippen LogP contribution in [0.1, 0.15) is 5.56 Å². The van der Waals surface area contributed by atoms with Crippen molar-refractivity contribution in [2.45, 2.75) is 11.3 Å². The van der Waals surface area contributed by atoms with E-state index in [1.807, 2.05) is 6.07 Å². The van der Waals surface area contributed by atoms with Crippen molar-refractivity contribution in [3.8, 4) is 0 Å². The van der Waals surface area contributed by atoms with Gasteiger partial charge in [0, 0.05) is 23.3 Å². The zero-order chi connectivity index (χ0) is 12.4. The molecule has 0 saturated heterocycles. The predicted octanol–water partition coefficient (Wildman–Crippen LogP) is 0.602. The lowest BCUT2D eigenvalue weighted by molar-refractivity contribution is -0.118. The molecule has 1 aromatic rings. The first-order chi connectivity index (χ1) is 8.10. The molecule has 5 nitrogen and oxygen atoms in total. The summed E-state index contributed by atoms with van der Waals surface area (Å²) in [5.74, 6) is 0.236. The van der Waals surface area contributed by atoms with E-state index in [4.69, 9.17) is 5.73 Å². The molecule has 1 aromatic carbocycles. The maximum atomic E-state index is 11.2. The third-order valence-electron chi connectivity index (χ3n) is 2.50. The Hall–Kier alpha value is -1.69. The fourth-order valence-corrected chi connectivity index (χ4v) is 2.47. The Morgan fingerprint density at radius 2 is 2.35 bits per heavy atom. The molecule has 0 atom stereocenters. The first-order valence-corrected chi connectivity index (χ1v) is 6.14. The average molecular weight is 251 g/mol. The largest absolute Gasteiger partial charge is 0.398 e. The van der Waals surface area contributed by atoms with Gasteiger partial charge in [-0.05, 0) is 17.7 Å². The molecule has 1 heterocycles. The Kier molecular flexibility index (Phi) is 3.23. The summed E-state index contributed by atoms with van der Waals surface area (Å²) in [7, 11) is 1.59. The molecule has 0 fully saturated rings. The van der Waals surface area contributed by atoms with Gasteiger partial charge in [-0.3, -0.25) is 9.59 Å². The number of nitrogens with two attached hydrogens (primary N) is 1. The standard InChI is InChI=1S/C11H13N3O2S/c1-13-11(16)5-17-9-4-8-6(2-7(9)12)3-10(15)14-8/h2,4H,3,5,12H2,1H3,(H,13,16)(H,14,15). The number of nitrogen functional groups attached to an aromatic ring is 1. The van der Waals surface area contributed by atoms with E-state index >= 15 is 0 Å². The normalized spacial score (nSPS) is 13.1. The first-order valence-electron chi connectivity index (χ1n) is 5.16. The smallest absolute Gasteiger partial charge is 0.230 e. The first kappa shape index (κ1) is 11.8. The topological polar surface area (TPSA) is 84.2 Å². The zero-order valence-corrected chi connectivity index (χ0v) is 10.2.